The summed E-state index contributed by atoms with van der Waals surface area (Å²) >= 11 is 0. The van der Waals surface area contributed by atoms with E-state index in [9.17, 15) is 5.11 Å². The van der Waals surface area contributed by atoms with E-state index in [-0.39, 0.29) is 5.75 Å². The first-order valence-corrected chi connectivity index (χ1v) is 6.23. The summed E-state index contributed by atoms with van der Waals surface area (Å²) in [6.45, 7) is 0.301. The number of hydrogen-bond donors (Lipinski definition) is 1. The first-order valence-electron chi connectivity index (χ1n) is 6.23. The molecule has 0 bridgehead atoms. The van der Waals surface area contributed by atoms with Crippen molar-refractivity contribution >= 4 is 11.0 Å². The van der Waals surface area contributed by atoms with Crippen LogP contribution in [0.2, 0.25) is 0 Å². The van der Waals surface area contributed by atoms with E-state index in [1.165, 1.54) is 0 Å². The lowest BCUT2D eigenvalue weighted by atomic mass is 10.2. The highest BCUT2D eigenvalue weighted by atomic mass is 16.5. The van der Waals surface area contributed by atoms with Gasteiger partial charge >= 0.3 is 0 Å². The quantitative estimate of drug-likeness (QED) is 0.785. The standard InChI is InChI=1S/C16H14O4/c1-18-15-4-2-3-5-16(15)19-10-13-9-11-8-12(17)6-7-14(11)20-13/h2-9,17H,10H2,1H3. The number of phenolic OH excluding ortho intramolecular Hbond substituents is 1. The Hall–Kier alpha value is -2.62. The number of hydrogen-bond acceptors (Lipinski definition) is 4. The third-order valence-electron chi connectivity index (χ3n) is 2.99. The monoisotopic (exact) mass is 270 g/mol. The van der Waals surface area contributed by atoms with Crippen LogP contribution in [0.15, 0.2) is 52.9 Å². The molecule has 0 unspecified atom stereocenters. The summed E-state index contributed by atoms with van der Waals surface area (Å²) in [5.74, 6) is 2.26. The maximum atomic E-state index is 9.43. The molecule has 0 aliphatic carbocycles. The van der Waals surface area contributed by atoms with Crippen molar-refractivity contribution in [3.8, 4) is 17.2 Å². The summed E-state index contributed by atoms with van der Waals surface area (Å²) in [7, 11) is 1.60. The third kappa shape index (κ3) is 2.40. The summed E-state index contributed by atoms with van der Waals surface area (Å²) in [6, 6.07) is 14.3. The zero-order valence-electron chi connectivity index (χ0n) is 11.0. The number of phenols is 1. The van der Waals surface area contributed by atoms with Crippen LogP contribution in [0.1, 0.15) is 5.76 Å². The van der Waals surface area contributed by atoms with Crippen LogP contribution in [0.25, 0.3) is 11.0 Å². The van der Waals surface area contributed by atoms with Crippen molar-refractivity contribution < 1.29 is 19.0 Å². The van der Waals surface area contributed by atoms with E-state index in [0.717, 1.165) is 11.0 Å². The molecule has 0 saturated carbocycles. The molecule has 4 nitrogen and oxygen atoms in total. The lowest BCUT2D eigenvalue weighted by Crippen LogP contribution is -1.96. The molecule has 3 aromatic rings. The second-order valence-electron chi connectivity index (χ2n) is 4.37. The van der Waals surface area contributed by atoms with Crippen molar-refractivity contribution in [3.05, 3.63) is 54.3 Å². The Morgan fingerprint density at radius 1 is 1.05 bits per heavy atom. The molecule has 0 aliphatic heterocycles. The van der Waals surface area contributed by atoms with Gasteiger partial charge in [-0.15, -0.1) is 0 Å². The molecule has 0 spiro atoms. The van der Waals surface area contributed by atoms with E-state index >= 15 is 0 Å². The number of fused-ring (bicyclic) bond motifs is 1. The van der Waals surface area contributed by atoms with Crippen molar-refractivity contribution in [1.82, 2.24) is 0 Å². The number of benzene rings is 2. The van der Waals surface area contributed by atoms with Crippen LogP contribution in [0.4, 0.5) is 0 Å². The number of rotatable bonds is 4. The van der Waals surface area contributed by atoms with Gasteiger partial charge < -0.3 is 19.0 Å². The van der Waals surface area contributed by atoms with E-state index in [4.69, 9.17) is 13.9 Å². The molecule has 20 heavy (non-hydrogen) atoms. The Bertz CT molecular complexity index is 730. The molecule has 3 rings (SSSR count). The Morgan fingerprint density at radius 2 is 1.85 bits per heavy atom. The van der Waals surface area contributed by atoms with E-state index in [0.29, 0.717) is 23.9 Å². The molecule has 0 aliphatic rings. The summed E-state index contributed by atoms with van der Waals surface area (Å²) in [5.41, 5.74) is 0.724. The normalized spacial score (nSPS) is 10.7. The van der Waals surface area contributed by atoms with Crippen LogP contribution in [0, 0.1) is 0 Å². The zero-order chi connectivity index (χ0) is 13.9. The largest absolute Gasteiger partial charge is 0.508 e. The fourth-order valence-electron chi connectivity index (χ4n) is 2.04. The van der Waals surface area contributed by atoms with Gasteiger partial charge in [0.25, 0.3) is 0 Å². The highest BCUT2D eigenvalue weighted by Gasteiger charge is 2.07. The van der Waals surface area contributed by atoms with Crippen LogP contribution in [-0.4, -0.2) is 12.2 Å². The molecule has 1 heterocycles. The number of methoxy groups -OCH3 is 1. The number of furan rings is 1. The minimum Gasteiger partial charge on any atom is -0.508 e. The summed E-state index contributed by atoms with van der Waals surface area (Å²) in [6.07, 6.45) is 0. The van der Waals surface area contributed by atoms with Gasteiger partial charge in [0.05, 0.1) is 7.11 Å². The molecule has 102 valence electrons. The van der Waals surface area contributed by atoms with E-state index < -0.39 is 0 Å². The predicted molar refractivity (Wildman–Crippen MR) is 75.2 cm³/mol. The first-order chi connectivity index (χ1) is 9.76. The van der Waals surface area contributed by atoms with Crippen LogP contribution >= 0.6 is 0 Å². The average molecular weight is 270 g/mol. The second kappa shape index (κ2) is 5.17. The molecular weight excluding hydrogens is 256 g/mol. The van der Waals surface area contributed by atoms with Crippen LogP contribution in [0.5, 0.6) is 17.2 Å². The fourth-order valence-corrected chi connectivity index (χ4v) is 2.04. The van der Waals surface area contributed by atoms with Crippen molar-refractivity contribution in [3.63, 3.8) is 0 Å². The van der Waals surface area contributed by atoms with Gasteiger partial charge in [0.2, 0.25) is 0 Å². The average Bonchev–Trinajstić information content (AvgIpc) is 2.87. The molecule has 0 amide bonds. The number of ether oxygens (including phenoxy) is 2. The highest BCUT2D eigenvalue weighted by Crippen LogP contribution is 2.28. The SMILES string of the molecule is COc1ccccc1OCc1cc2cc(O)ccc2o1. The molecule has 0 saturated heterocycles. The van der Waals surface area contributed by atoms with Gasteiger partial charge in [0.15, 0.2) is 11.5 Å². The van der Waals surface area contributed by atoms with Crippen LogP contribution in [0.3, 0.4) is 0 Å². The van der Waals surface area contributed by atoms with Gasteiger partial charge in [0, 0.05) is 5.39 Å². The van der Waals surface area contributed by atoms with Gasteiger partial charge in [0.1, 0.15) is 23.7 Å². The lowest BCUT2D eigenvalue weighted by molar-refractivity contribution is 0.259. The third-order valence-corrected chi connectivity index (χ3v) is 2.99. The molecular formula is C16H14O4. The molecule has 0 fully saturated rings. The molecule has 2 aromatic carbocycles. The molecule has 0 radical (unpaired) electrons. The number of para-hydroxylation sites is 2. The van der Waals surface area contributed by atoms with Gasteiger partial charge in [-0.3, -0.25) is 0 Å². The minimum absolute atomic E-state index is 0.218. The topological polar surface area (TPSA) is 51.8 Å². The maximum absolute atomic E-state index is 9.43. The van der Waals surface area contributed by atoms with Gasteiger partial charge in [-0.25, -0.2) is 0 Å². The Morgan fingerprint density at radius 3 is 2.65 bits per heavy atom. The van der Waals surface area contributed by atoms with Crippen LogP contribution in [-0.2, 0) is 6.61 Å². The van der Waals surface area contributed by atoms with Gasteiger partial charge in [-0.05, 0) is 36.4 Å². The van der Waals surface area contributed by atoms with Crippen molar-refractivity contribution in [2.45, 2.75) is 6.61 Å². The van der Waals surface area contributed by atoms with Crippen molar-refractivity contribution in [2.24, 2.45) is 0 Å². The molecule has 1 aromatic heterocycles. The Labute approximate surface area is 116 Å². The Balaban J connectivity index is 1.79. The van der Waals surface area contributed by atoms with Gasteiger partial charge in [-0.1, -0.05) is 12.1 Å². The van der Waals surface area contributed by atoms with E-state index in [1.807, 2.05) is 30.3 Å². The number of aromatic hydroxyl groups is 1. The lowest BCUT2D eigenvalue weighted by Gasteiger charge is -2.08. The fraction of sp³-hybridized carbons (Fsp3) is 0.125. The molecule has 4 heteroatoms. The Kier molecular flexibility index (Phi) is 3.21. The first kappa shape index (κ1) is 12.4. The summed E-state index contributed by atoms with van der Waals surface area (Å²) in [4.78, 5) is 0. The molecule has 0 atom stereocenters. The second-order valence-corrected chi connectivity index (χ2v) is 4.37. The zero-order valence-corrected chi connectivity index (χ0v) is 11.0. The van der Waals surface area contributed by atoms with E-state index in [2.05, 4.69) is 0 Å². The predicted octanol–water partition coefficient (Wildman–Crippen LogP) is 3.73. The summed E-state index contributed by atoms with van der Waals surface area (Å²) < 4.78 is 16.6. The van der Waals surface area contributed by atoms with Crippen LogP contribution < -0.4 is 9.47 Å². The van der Waals surface area contributed by atoms with Gasteiger partial charge in [-0.2, -0.15) is 0 Å². The molecule has 1 N–H and O–H groups in total. The smallest absolute Gasteiger partial charge is 0.161 e. The maximum Gasteiger partial charge on any atom is 0.161 e. The highest BCUT2D eigenvalue weighted by molar-refractivity contribution is 5.79. The van der Waals surface area contributed by atoms with Crippen molar-refractivity contribution in [1.29, 1.82) is 0 Å². The van der Waals surface area contributed by atoms with Crippen molar-refractivity contribution in [2.75, 3.05) is 7.11 Å². The minimum atomic E-state index is 0.218. The summed E-state index contributed by atoms with van der Waals surface area (Å²) in [5, 5.41) is 10.3. The van der Waals surface area contributed by atoms with E-state index in [1.54, 1.807) is 25.3 Å².